The minimum atomic E-state index is -4.48. The van der Waals surface area contributed by atoms with Crippen molar-refractivity contribution in [3.63, 3.8) is 0 Å². The molecule has 1 atom stereocenters. The summed E-state index contributed by atoms with van der Waals surface area (Å²) in [7, 11) is -2.50. The van der Waals surface area contributed by atoms with Gasteiger partial charge < -0.3 is 9.80 Å². The van der Waals surface area contributed by atoms with E-state index in [1.165, 1.54) is 30.5 Å². The van der Waals surface area contributed by atoms with Gasteiger partial charge in [-0.25, -0.2) is 21.6 Å². The number of piperazine rings is 1. The average molecular weight is 588 g/mol. The van der Waals surface area contributed by atoms with Gasteiger partial charge in [-0.1, -0.05) is 11.6 Å². The predicted octanol–water partition coefficient (Wildman–Crippen LogP) is 4.84. The van der Waals surface area contributed by atoms with Crippen molar-refractivity contribution in [2.45, 2.75) is 23.0 Å². The number of carbonyl (C=O) groups excluding carboxylic acids is 1. The predicted molar refractivity (Wildman–Crippen MR) is 141 cm³/mol. The maximum Gasteiger partial charge on any atom is 0.222 e. The van der Waals surface area contributed by atoms with E-state index in [2.05, 4.69) is 9.88 Å². The van der Waals surface area contributed by atoms with Crippen LogP contribution in [0.4, 0.5) is 13.2 Å². The number of likely N-dealkylation sites (N-methyl/N-ethyl adjacent to an activating group) is 1. The summed E-state index contributed by atoms with van der Waals surface area (Å²) in [5.74, 6) is -2.97. The number of pyridine rings is 1. The second-order valence-corrected chi connectivity index (χ2v) is 11.4. The first-order valence-electron chi connectivity index (χ1n) is 11.6. The van der Waals surface area contributed by atoms with E-state index in [0.29, 0.717) is 18.7 Å². The fraction of sp³-hybridized carbons (Fsp3) is 0.308. The minimum absolute atomic E-state index is 0. The minimum Gasteiger partial charge on any atom is -0.340 e. The van der Waals surface area contributed by atoms with Crippen molar-refractivity contribution < 1.29 is 26.4 Å². The maximum atomic E-state index is 15.4. The normalized spacial score (nSPS) is 15.1. The van der Waals surface area contributed by atoms with Gasteiger partial charge in [0.05, 0.1) is 10.6 Å². The van der Waals surface area contributed by atoms with Crippen molar-refractivity contribution >= 4 is 39.8 Å². The number of aromatic nitrogens is 1. The van der Waals surface area contributed by atoms with Gasteiger partial charge in [-0.15, -0.1) is 12.4 Å². The number of amides is 1. The van der Waals surface area contributed by atoms with E-state index < -0.39 is 43.8 Å². The Morgan fingerprint density at radius 2 is 1.66 bits per heavy atom. The number of halogens is 5. The first-order valence-corrected chi connectivity index (χ1v) is 13.5. The fourth-order valence-electron chi connectivity index (χ4n) is 4.22. The second kappa shape index (κ2) is 12.5. The Morgan fingerprint density at radius 1 is 1.00 bits per heavy atom. The van der Waals surface area contributed by atoms with Crippen molar-refractivity contribution in [3.05, 3.63) is 94.0 Å². The number of rotatable bonds is 7. The van der Waals surface area contributed by atoms with E-state index in [1.54, 1.807) is 4.90 Å². The molecule has 1 saturated heterocycles. The molecule has 0 bridgehead atoms. The van der Waals surface area contributed by atoms with Crippen LogP contribution in [0.25, 0.3) is 0 Å². The topological polar surface area (TPSA) is 70.6 Å². The largest absolute Gasteiger partial charge is 0.340 e. The maximum absolute atomic E-state index is 15.4. The summed E-state index contributed by atoms with van der Waals surface area (Å²) >= 11 is 5.87. The smallest absolute Gasteiger partial charge is 0.222 e. The van der Waals surface area contributed by atoms with Gasteiger partial charge in [0.15, 0.2) is 9.84 Å². The molecule has 38 heavy (non-hydrogen) atoms. The van der Waals surface area contributed by atoms with Crippen molar-refractivity contribution in [1.82, 2.24) is 14.8 Å². The van der Waals surface area contributed by atoms with Gasteiger partial charge in [-0.05, 0) is 67.6 Å². The van der Waals surface area contributed by atoms with E-state index in [0.717, 1.165) is 37.4 Å². The molecule has 0 radical (unpaired) electrons. The Balaban J connectivity index is 0.00000400. The molecular formula is C26H26Cl2F3N3O3S. The molecule has 1 fully saturated rings. The molecule has 12 heteroatoms. The van der Waals surface area contributed by atoms with Gasteiger partial charge in [-0.3, -0.25) is 9.78 Å². The molecule has 1 amide bonds. The van der Waals surface area contributed by atoms with Crippen LogP contribution in [0.15, 0.2) is 59.6 Å². The highest BCUT2D eigenvalue weighted by molar-refractivity contribution is 7.91. The van der Waals surface area contributed by atoms with Gasteiger partial charge in [0.1, 0.15) is 22.7 Å². The van der Waals surface area contributed by atoms with Crippen LogP contribution >= 0.6 is 24.0 Å². The van der Waals surface area contributed by atoms with Gasteiger partial charge in [0.25, 0.3) is 0 Å². The summed E-state index contributed by atoms with van der Waals surface area (Å²) in [5.41, 5.74) is -0.765. The molecule has 6 nitrogen and oxygen atoms in total. The zero-order chi connectivity index (χ0) is 26.7. The van der Waals surface area contributed by atoms with Crippen LogP contribution in [-0.4, -0.2) is 62.3 Å². The second-order valence-electron chi connectivity index (χ2n) is 8.94. The highest BCUT2D eigenvalue weighted by Gasteiger charge is 2.36. The fourth-order valence-corrected chi connectivity index (χ4v) is 6.12. The van der Waals surface area contributed by atoms with E-state index in [1.807, 2.05) is 7.05 Å². The number of hydrogen-bond donors (Lipinski definition) is 0. The van der Waals surface area contributed by atoms with E-state index in [9.17, 15) is 22.0 Å². The number of aryl methyl sites for hydroxylation is 1. The van der Waals surface area contributed by atoms with E-state index in [-0.39, 0.29) is 41.1 Å². The first-order chi connectivity index (χ1) is 17.6. The Morgan fingerprint density at radius 3 is 2.29 bits per heavy atom. The van der Waals surface area contributed by atoms with Crippen molar-refractivity contribution in [3.8, 4) is 0 Å². The monoisotopic (exact) mass is 587 g/mol. The van der Waals surface area contributed by atoms with Gasteiger partial charge in [0.2, 0.25) is 5.91 Å². The van der Waals surface area contributed by atoms with Crippen LogP contribution in [0.2, 0.25) is 5.02 Å². The Kier molecular flexibility index (Phi) is 9.80. The SMILES string of the molecule is CN1CCN(C(=O)CCc2cnc(C(c3cc(F)ccc3F)S(=O)(=O)c3ccc(Cl)cc3)c(F)c2)CC1.Cl. The van der Waals surface area contributed by atoms with Crippen LogP contribution < -0.4 is 0 Å². The van der Waals surface area contributed by atoms with Crippen LogP contribution in [-0.2, 0) is 21.1 Å². The summed E-state index contributed by atoms with van der Waals surface area (Å²) in [6, 6.07) is 8.50. The summed E-state index contributed by atoms with van der Waals surface area (Å²) < 4.78 is 71.4. The zero-order valence-corrected chi connectivity index (χ0v) is 22.8. The van der Waals surface area contributed by atoms with Gasteiger partial charge in [-0.2, -0.15) is 0 Å². The molecule has 1 unspecified atom stereocenters. The summed E-state index contributed by atoms with van der Waals surface area (Å²) in [5, 5.41) is -1.68. The molecule has 0 aliphatic carbocycles. The molecule has 4 rings (SSSR count). The van der Waals surface area contributed by atoms with Crippen LogP contribution in [0.5, 0.6) is 0 Å². The molecule has 1 aliphatic heterocycles. The lowest BCUT2D eigenvalue weighted by atomic mass is 10.1. The Hall–Kier alpha value is -2.66. The molecule has 0 spiro atoms. The van der Waals surface area contributed by atoms with Crippen molar-refractivity contribution in [1.29, 1.82) is 0 Å². The molecule has 3 aromatic rings. The molecule has 204 valence electrons. The van der Waals surface area contributed by atoms with E-state index in [4.69, 9.17) is 11.6 Å². The average Bonchev–Trinajstić information content (AvgIpc) is 2.86. The lowest BCUT2D eigenvalue weighted by Crippen LogP contribution is -2.47. The molecule has 1 aromatic heterocycles. The number of benzene rings is 2. The highest BCUT2D eigenvalue weighted by atomic mass is 35.5. The molecule has 1 aliphatic rings. The third kappa shape index (κ3) is 6.66. The van der Waals surface area contributed by atoms with Crippen LogP contribution in [0, 0.1) is 17.5 Å². The number of nitrogens with zero attached hydrogens (tertiary/aromatic N) is 3. The quantitative estimate of drug-likeness (QED) is 0.395. The lowest BCUT2D eigenvalue weighted by molar-refractivity contribution is -0.132. The number of sulfone groups is 1. The zero-order valence-electron chi connectivity index (χ0n) is 20.4. The molecule has 2 aromatic carbocycles. The first kappa shape index (κ1) is 29.9. The van der Waals surface area contributed by atoms with Crippen molar-refractivity contribution in [2.24, 2.45) is 0 Å². The molecule has 0 N–H and O–H groups in total. The molecular weight excluding hydrogens is 562 g/mol. The third-order valence-corrected chi connectivity index (χ3v) is 8.63. The molecule has 2 heterocycles. The summed E-state index contributed by atoms with van der Waals surface area (Å²) in [6.45, 7) is 2.78. The highest BCUT2D eigenvalue weighted by Crippen LogP contribution is 2.37. The number of hydrogen-bond acceptors (Lipinski definition) is 5. The van der Waals surface area contributed by atoms with E-state index >= 15 is 4.39 Å². The number of carbonyl (C=O) groups is 1. The van der Waals surface area contributed by atoms with Gasteiger partial charge in [0, 0.05) is 49.4 Å². The van der Waals surface area contributed by atoms with Crippen LogP contribution in [0.3, 0.4) is 0 Å². The van der Waals surface area contributed by atoms with Crippen molar-refractivity contribution in [2.75, 3.05) is 33.2 Å². The Bertz CT molecular complexity index is 1400. The third-order valence-electron chi connectivity index (χ3n) is 6.35. The summed E-state index contributed by atoms with van der Waals surface area (Å²) in [4.78, 5) is 20.2. The standard InChI is InChI=1S/C26H25ClF3N3O3S.ClH/c1-32-10-12-33(13-11-32)24(34)9-2-17-14-23(30)25(31-16-17)26(21-15-19(28)5-8-22(21)29)37(35,36)20-6-3-18(27)4-7-20;/h3-8,14-16,26H,2,9-13H2,1H3;1H. The Labute approximate surface area is 230 Å². The molecule has 0 saturated carbocycles. The lowest BCUT2D eigenvalue weighted by Gasteiger charge is -2.32. The summed E-state index contributed by atoms with van der Waals surface area (Å²) in [6.07, 6.45) is 1.59. The van der Waals surface area contributed by atoms with Gasteiger partial charge >= 0.3 is 0 Å². The van der Waals surface area contributed by atoms with Crippen LogP contribution in [0.1, 0.15) is 28.5 Å².